The van der Waals surface area contributed by atoms with Crippen molar-refractivity contribution in [1.82, 2.24) is 4.57 Å². The summed E-state index contributed by atoms with van der Waals surface area (Å²) >= 11 is 0. The van der Waals surface area contributed by atoms with Gasteiger partial charge in [0, 0.05) is 27.5 Å². The number of anilines is 3. The van der Waals surface area contributed by atoms with Gasteiger partial charge in [0.05, 0.1) is 22.4 Å². The molecule has 2 heteroatoms. The summed E-state index contributed by atoms with van der Waals surface area (Å²) in [5, 5.41) is 7.37. The second-order valence-electron chi connectivity index (χ2n) is 13.3. The van der Waals surface area contributed by atoms with Crippen LogP contribution >= 0.6 is 0 Å². The standard InChI is InChI=1S/C50H34N2/c1-2-14-35(15-3-1)39-19-12-20-41(34-39)51(40-31-28-38(29-32-40)43-25-13-18-36-16-4-6-21-42(36)43)50-44-22-7-5-17-37(44)30-33-49(50)52-47-26-10-8-23-45(47)46-24-9-11-27-48(46)52/h1-34H. The summed E-state index contributed by atoms with van der Waals surface area (Å²) in [6, 6.07) is 74.8. The smallest absolute Gasteiger partial charge is 0.0781 e. The molecular formula is C50H34N2. The fraction of sp³-hybridized carbons (Fsp3) is 0. The lowest BCUT2D eigenvalue weighted by Gasteiger charge is -2.30. The quantitative estimate of drug-likeness (QED) is 0.172. The third kappa shape index (κ3) is 4.96. The molecule has 0 aliphatic heterocycles. The number of para-hydroxylation sites is 2. The van der Waals surface area contributed by atoms with Crippen LogP contribution in [0.4, 0.5) is 17.1 Å². The van der Waals surface area contributed by atoms with Crippen molar-refractivity contribution < 1.29 is 0 Å². The Morgan fingerprint density at radius 1 is 0.327 bits per heavy atom. The lowest BCUT2D eigenvalue weighted by atomic mass is 9.97. The Bertz CT molecular complexity index is 2840. The van der Waals surface area contributed by atoms with Gasteiger partial charge in [0.2, 0.25) is 0 Å². The minimum atomic E-state index is 1.09. The first-order valence-corrected chi connectivity index (χ1v) is 17.9. The number of aromatic nitrogens is 1. The summed E-state index contributed by atoms with van der Waals surface area (Å²) < 4.78 is 2.45. The van der Waals surface area contributed by atoms with Crippen LogP contribution in [0.1, 0.15) is 0 Å². The molecule has 0 aliphatic rings. The summed E-state index contributed by atoms with van der Waals surface area (Å²) in [7, 11) is 0. The minimum Gasteiger partial charge on any atom is -0.308 e. The molecule has 1 heterocycles. The first kappa shape index (κ1) is 30.0. The highest BCUT2D eigenvalue weighted by atomic mass is 15.2. The Morgan fingerprint density at radius 3 is 1.62 bits per heavy atom. The topological polar surface area (TPSA) is 8.17 Å². The molecule has 244 valence electrons. The molecule has 9 aromatic carbocycles. The van der Waals surface area contributed by atoms with Gasteiger partial charge in [0.1, 0.15) is 0 Å². The van der Waals surface area contributed by atoms with Crippen LogP contribution in [0.5, 0.6) is 0 Å². The van der Waals surface area contributed by atoms with E-state index < -0.39 is 0 Å². The summed E-state index contributed by atoms with van der Waals surface area (Å²) in [6.07, 6.45) is 0. The number of hydrogen-bond acceptors (Lipinski definition) is 1. The first-order chi connectivity index (χ1) is 25.8. The zero-order valence-corrected chi connectivity index (χ0v) is 28.5. The molecule has 10 aromatic rings. The van der Waals surface area contributed by atoms with Gasteiger partial charge in [0.15, 0.2) is 0 Å². The van der Waals surface area contributed by atoms with E-state index in [2.05, 4.69) is 216 Å². The zero-order valence-electron chi connectivity index (χ0n) is 28.5. The van der Waals surface area contributed by atoms with Gasteiger partial charge < -0.3 is 9.47 Å². The summed E-state index contributed by atoms with van der Waals surface area (Å²) in [5.41, 5.74) is 11.6. The van der Waals surface area contributed by atoms with Crippen LogP contribution in [-0.2, 0) is 0 Å². The number of hydrogen-bond donors (Lipinski definition) is 0. The number of fused-ring (bicyclic) bond motifs is 5. The second-order valence-corrected chi connectivity index (χ2v) is 13.3. The van der Waals surface area contributed by atoms with Crippen molar-refractivity contribution in [2.45, 2.75) is 0 Å². The van der Waals surface area contributed by atoms with Gasteiger partial charge >= 0.3 is 0 Å². The lowest BCUT2D eigenvalue weighted by molar-refractivity contribution is 1.16. The van der Waals surface area contributed by atoms with E-state index in [-0.39, 0.29) is 0 Å². The van der Waals surface area contributed by atoms with Crippen LogP contribution < -0.4 is 4.90 Å². The van der Waals surface area contributed by atoms with Gasteiger partial charge in [-0.25, -0.2) is 0 Å². The molecule has 0 bridgehead atoms. The molecule has 0 atom stereocenters. The predicted octanol–water partition coefficient (Wildman–Crippen LogP) is 13.9. The monoisotopic (exact) mass is 662 g/mol. The average Bonchev–Trinajstić information content (AvgIpc) is 3.56. The molecule has 10 rings (SSSR count). The van der Waals surface area contributed by atoms with Crippen molar-refractivity contribution in [2.24, 2.45) is 0 Å². The minimum absolute atomic E-state index is 1.09. The molecule has 0 N–H and O–H groups in total. The fourth-order valence-electron chi connectivity index (χ4n) is 7.97. The highest BCUT2D eigenvalue weighted by molar-refractivity contribution is 6.12. The maximum Gasteiger partial charge on any atom is 0.0781 e. The Kier molecular flexibility index (Phi) is 7.18. The van der Waals surface area contributed by atoms with Crippen LogP contribution in [0.3, 0.4) is 0 Å². The van der Waals surface area contributed by atoms with E-state index in [1.54, 1.807) is 0 Å². The maximum absolute atomic E-state index is 2.46. The molecule has 0 amide bonds. The van der Waals surface area contributed by atoms with E-state index in [1.807, 2.05) is 0 Å². The van der Waals surface area contributed by atoms with Crippen molar-refractivity contribution in [3.63, 3.8) is 0 Å². The molecule has 52 heavy (non-hydrogen) atoms. The first-order valence-electron chi connectivity index (χ1n) is 17.9. The SMILES string of the molecule is c1ccc(-c2cccc(N(c3ccc(-c4cccc5ccccc45)cc3)c3c(-n4c5ccccc5c5ccccc54)ccc4ccccc34)c2)cc1. The Hall–Kier alpha value is -6.90. The van der Waals surface area contributed by atoms with Gasteiger partial charge in [-0.3, -0.25) is 0 Å². The molecule has 0 aliphatic carbocycles. The van der Waals surface area contributed by atoms with Crippen molar-refractivity contribution in [2.75, 3.05) is 4.90 Å². The van der Waals surface area contributed by atoms with Gasteiger partial charge in [-0.1, -0.05) is 164 Å². The normalized spacial score (nSPS) is 11.5. The molecule has 0 saturated heterocycles. The van der Waals surface area contributed by atoms with E-state index in [1.165, 1.54) is 65.6 Å². The fourth-order valence-corrected chi connectivity index (χ4v) is 7.97. The van der Waals surface area contributed by atoms with Crippen molar-refractivity contribution in [3.05, 3.63) is 206 Å². The van der Waals surface area contributed by atoms with Crippen LogP contribution in [-0.4, -0.2) is 4.57 Å². The van der Waals surface area contributed by atoms with Crippen molar-refractivity contribution >= 4 is 60.4 Å². The largest absolute Gasteiger partial charge is 0.308 e. The summed E-state index contributed by atoms with van der Waals surface area (Å²) in [5.74, 6) is 0. The number of benzene rings is 9. The number of nitrogens with zero attached hydrogens (tertiary/aromatic N) is 2. The van der Waals surface area contributed by atoms with Gasteiger partial charge in [0.25, 0.3) is 0 Å². The third-order valence-electron chi connectivity index (χ3n) is 10.4. The molecule has 0 fully saturated rings. The molecule has 0 unspecified atom stereocenters. The maximum atomic E-state index is 2.46. The highest BCUT2D eigenvalue weighted by Crippen LogP contribution is 2.46. The second kappa shape index (κ2) is 12.5. The van der Waals surface area contributed by atoms with Crippen LogP contribution in [0, 0.1) is 0 Å². The van der Waals surface area contributed by atoms with Gasteiger partial charge in [-0.15, -0.1) is 0 Å². The third-order valence-corrected chi connectivity index (χ3v) is 10.4. The molecular weight excluding hydrogens is 629 g/mol. The van der Waals surface area contributed by atoms with Crippen LogP contribution in [0.15, 0.2) is 206 Å². The molecule has 2 nitrogen and oxygen atoms in total. The summed E-state index contributed by atoms with van der Waals surface area (Å²) in [4.78, 5) is 2.46. The highest BCUT2D eigenvalue weighted by Gasteiger charge is 2.23. The zero-order chi connectivity index (χ0) is 34.4. The van der Waals surface area contributed by atoms with Crippen LogP contribution in [0.25, 0.3) is 71.3 Å². The van der Waals surface area contributed by atoms with E-state index in [4.69, 9.17) is 0 Å². The van der Waals surface area contributed by atoms with Crippen LogP contribution in [0.2, 0.25) is 0 Å². The lowest BCUT2D eigenvalue weighted by Crippen LogP contribution is -2.14. The van der Waals surface area contributed by atoms with Gasteiger partial charge in [-0.2, -0.15) is 0 Å². The Morgan fingerprint density at radius 2 is 0.885 bits per heavy atom. The van der Waals surface area contributed by atoms with E-state index in [0.717, 1.165) is 22.7 Å². The summed E-state index contributed by atoms with van der Waals surface area (Å²) in [6.45, 7) is 0. The van der Waals surface area contributed by atoms with Crippen molar-refractivity contribution in [3.8, 4) is 27.9 Å². The Labute approximate surface area is 303 Å². The molecule has 0 spiro atoms. The average molecular weight is 663 g/mol. The molecule has 0 saturated carbocycles. The van der Waals surface area contributed by atoms with Gasteiger partial charge in [-0.05, 0) is 80.9 Å². The predicted molar refractivity (Wildman–Crippen MR) is 221 cm³/mol. The van der Waals surface area contributed by atoms with Crippen molar-refractivity contribution in [1.29, 1.82) is 0 Å². The van der Waals surface area contributed by atoms with E-state index in [0.29, 0.717) is 0 Å². The van der Waals surface area contributed by atoms with E-state index in [9.17, 15) is 0 Å². The molecule has 0 radical (unpaired) electrons. The van der Waals surface area contributed by atoms with E-state index >= 15 is 0 Å². The Balaban J connectivity index is 1.26. The molecule has 1 aromatic heterocycles. The number of rotatable bonds is 6.